The quantitative estimate of drug-likeness (QED) is 0.563. The van der Waals surface area contributed by atoms with Crippen molar-refractivity contribution in [3.63, 3.8) is 0 Å². The number of carbonyl (C=O) groups is 1. The fourth-order valence-corrected chi connectivity index (χ4v) is 5.97. The van der Waals surface area contributed by atoms with Crippen molar-refractivity contribution in [3.05, 3.63) is 64.4 Å². The average molecular weight is 490 g/mol. The molecule has 0 saturated carbocycles. The van der Waals surface area contributed by atoms with Crippen LogP contribution in [0.2, 0.25) is 0 Å². The lowest BCUT2D eigenvalue weighted by Crippen LogP contribution is -2.40. The molecule has 174 valence electrons. The van der Waals surface area contributed by atoms with Crippen molar-refractivity contribution in [3.8, 4) is 10.6 Å². The van der Waals surface area contributed by atoms with Gasteiger partial charge < -0.3 is 10.1 Å². The van der Waals surface area contributed by atoms with Crippen molar-refractivity contribution in [1.82, 2.24) is 9.29 Å². The van der Waals surface area contributed by atoms with Crippen molar-refractivity contribution >= 4 is 33.0 Å². The summed E-state index contributed by atoms with van der Waals surface area (Å²) in [7, 11) is -4.04. The molecule has 1 amide bonds. The number of rotatable bonds is 6. The second-order valence-corrected chi connectivity index (χ2v) is 10.5. The third-order valence-corrected chi connectivity index (χ3v) is 8.51. The molecule has 7 nitrogen and oxygen atoms in total. The minimum atomic E-state index is -4.04. The van der Waals surface area contributed by atoms with Crippen LogP contribution in [0.4, 0.5) is 10.1 Å². The summed E-state index contributed by atoms with van der Waals surface area (Å²) in [6.45, 7) is 4.64. The minimum Gasteiger partial charge on any atom is -0.379 e. The Balaban J connectivity index is 1.56. The van der Waals surface area contributed by atoms with Crippen LogP contribution in [0.1, 0.15) is 27.9 Å². The number of nitrogens with zero attached hydrogens (tertiary/aromatic N) is 2. The van der Waals surface area contributed by atoms with Crippen molar-refractivity contribution in [1.29, 1.82) is 0 Å². The number of morpholine rings is 1. The molecule has 4 rings (SSSR count). The maximum Gasteiger partial charge on any atom is 0.267 e. The summed E-state index contributed by atoms with van der Waals surface area (Å²) in [5.74, 6) is -1.30. The van der Waals surface area contributed by atoms with E-state index in [1.807, 2.05) is 24.3 Å². The number of ether oxygens (including phenoxy) is 1. The van der Waals surface area contributed by atoms with Gasteiger partial charge in [0.2, 0.25) is 10.0 Å². The number of benzene rings is 2. The fourth-order valence-electron chi connectivity index (χ4n) is 3.51. The number of halogens is 1. The number of sulfonamides is 1. The average Bonchev–Trinajstić information content (AvgIpc) is 3.22. The second-order valence-electron chi connectivity index (χ2n) is 7.60. The van der Waals surface area contributed by atoms with E-state index >= 15 is 0 Å². The molecule has 1 aliphatic rings. The van der Waals surface area contributed by atoms with Gasteiger partial charge in [0, 0.05) is 24.3 Å². The zero-order valence-electron chi connectivity index (χ0n) is 18.3. The number of hydrogen-bond donors (Lipinski definition) is 1. The number of amides is 1. The molecule has 3 aromatic rings. The molecule has 2 heterocycles. The molecule has 1 aliphatic heterocycles. The summed E-state index contributed by atoms with van der Waals surface area (Å²) in [6.07, 6.45) is 0.936. The summed E-state index contributed by atoms with van der Waals surface area (Å²) >= 11 is 1.25. The summed E-state index contributed by atoms with van der Waals surface area (Å²) in [6, 6.07) is 11.5. The van der Waals surface area contributed by atoms with Gasteiger partial charge in [0.25, 0.3) is 5.91 Å². The highest BCUT2D eigenvalue weighted by Gasteiger charge is 2.29. The van der Waals surface area contributed by atoms with Crippen LogP contribution in [0, 0.1) is 12.7 Å². The van der Waals surface area contributed by atoms with Crippen LogP contribution in [0.3, 0.4) is 0 Å². The van der Waals surface area contributed by atoms with E-state index in [9.17, 15) is 17.6 Å². The summed E-state index contributed by atoms with van der Waals surface area (Å²) in [5.41, 5.74) is 2.88. The van der Waals surface area contributed by atoms with E-state index < -0.39 is 26.6 Å². The molecule has 0 unspecified atom stereocenters. The molecular formula is C23H24FN3O4S2. The van der Waals surface area contributed by atoms with Crippen molar-refractivity contribution in [2.24, 2.45) is 0 Å². The van der Waals surface area contributed by atoms with Gasteiger partial charge in [-0.1, -0.05) is 31.2 Å². The molecule has 1 fully saturated rings. The lowest BCUT2D eigenvalue weighted by Gasteiger charge is -2.26. The first-order valence-corrected chi connectivity index (χ1v) is 12.8. The predicted molar refractivity (Wildman–Crippen MR) is 126 cm³/mol. The Labute approximate surface area is 196 Å². The summed E-state index contributed by atoms with van der Waals surface area (Å²) in [5, 5.41) is 3.40. The van der Waals surface area contributed by atoms with Gasteiger partial charge in [-0.05, 0) is 37.1 Å². The Morgan fingerprint density at radius 1 is 1.18 bits per heavy atom. The second kappa shape index (κ2) is 9.68. The fraction of sp³-hybridized carbons (Fsp3) is 0.304. The number of anilines is 1. The SMILES string of the molecule is CCc1ccc(-c2nc(C)c(C(=O)Nc3ccc(F)c(S(=O)(=O)N4CCOCC4)c3)s2)cc1. The lowest BCUT2D eigenvalue weighted by molar-refractivity contribution is 0.0729. The molecule has 33 heavy (non-hydrogen) atoms. The Morgan fingerprint density at radius 3 is 2.55 bits per heavy atom. The Morgan fingerprint density at radius 2 is 1.88 bits per heavy atom. The van der Waals surface area contributed by atoms with Crippen LogP contribution in [0.15, 0.2) is 47.4 Å². The molecule has 1 saturated heterocycles. The number of thiazole rings is 1. The van der Waals surface area contributed by atoms with Crippen LogP contribution < -0.4 is 5.32 Å². The van der Waals surface area contributed by atoms with Crippen LogP contribution in [-0.2, 0) is 21.2 Å². The van der Waals surface area contributed by atoms with Gasteiger partial charge in [-0.2, -0.15) is 4.31 Å². The topological polar surface area (TPSA) is 88.6 Å². The van der Waals surface area contributed by atoms with Crippen molar-refractivity contribution in [2.75, 3.05) is 31.6 Å². The third-order valence-electron chi connectivity index (χ3n) is 5.39. The largest absolute Gasteiger partial charge is 0.379 e. The monoisotopic (exact) mass is 489 g/mol. The first-order valence-electron chi connectivity index (χ1n) is 10.5. The highest BCUT2D eigenvalue weighted by molar-refractivity contribution is 7.89. The standard InChI is InChI=1S/C23H24FN3O4S2/c1-3-16-4-6-17(7-5-16)23-25-15(2)21(32-23)22(28)26-18-8-9-19(24)20(14-18)33(29,30)27-10-12-31-13-11-27/h4-9,14H,3,10-13H2,1-2H3,(H,26,28). The molecule has 2 aromatic carbocycles. The van der Waals surface area contributed by atoms with E-state index in [1.165, 1.54) is 27.3 Å². The highest BCUT2D eigenvalue weighted by atomic mass is 32.2. The molecule has 1 aromatic heterocycles. The Bertz CT molecular complexity index is 1270. The van der Waals surface area contributed by atoms with E-state index in [-0.39, 0.29) is 32.0 Å². The summed E-state index contributed by atoms with van der Waals surface area (Å²) in [4.78, 5) is 17.4. The molecule has 0 aliphatic carbocycles. The minimum absolute atomic E-state index is 0.153. The van der Waals surface area contributed by atoms with Gasteiger partial charge >= 0.3 is 0 Å². The number of hydrogen-bond acceptors (Lipinski definition) is 6. The van der Waals surface area contributed by atoms with Gasteiger partial charge in [-0.15, -0.1) is 11.3 Å². The van der Waals surface area contributed by atoms with Gasteiger partial charge in [-0.3, -0.25) is 4.79 Å². The first kappa shape index (κ1) is 23.5. The lowest BCUT2D eigenvalue weighted by atomic mass is 10.1. The van der Waals surface area contributed by atoms with Crippen LogP contribution >= 0.6 is 11.3 Å². The van der Waals surface area contributed by atoms with Crippen molar-refractivity contribution < 1.29 is 22.3 Å². The Kier molecular flexibility index (Phi) is 6.89. The summed E-state index contributed by atoms with van der Waals surface area (Å²) < 4.78 is 46.6. The molecule has 0 radical (unpaired) electrons. The molecule has 1 N–H and O–H groups in total. The van der Waals surface area contributed by atoms with E-state index in [4.69, 9.17) is 4.74 Å². The van der Waals surface area contributed by atoms with E-state index in [0.29, 0.717) is 10.6 Å². The molecule has 0 spiro atoms. The maximum atomic E-state index is 14.4. The zero-order chi connectivity index (χ0) is 23.6. The highest BCUT2D eigenvalue weighted by Crippen LogP contribution is 2.30. The van der Waals surface area contributed by atoms with Gasteiger partial charge in [-0.25, -0.2) is 17.8 Å². The molecule has 10 heteroatoms. The number of aromatic nitrogens is 1. The number of nitrogens with one attached hydrogen (secondary N) is 1. The van der Waals surface area contributed by atoms with E-state index in [1.54, 1.807) is 6.92 Å². The smallest absolute Gasteiger partial charge is 0.267 e. The van der Waals surface area contributed by atoms with Gasteiger partial charge in [0.15, 0.2) is 0 Å². The maximum absolute atomic E-state index is 14.4. The number of aryl methyl sites for hydroxylation is 2. The van der Waals surface area contributed by atoms with Crippen LogP contribution in [0.5, 0.6) is 0 Å². The van der Waals surface area contributed by atoms with Gasteiger partial charge in [0.1, 0.15) is 20.6 Å². The first-order chi connectivity index (χ1) is 15.8. The number of carbonyl (C=O) groups excluding carboxylic acids is 1. The zero-order valence-corrected chi connectivity index (χ0v) is 19.9. The van der Waals surface area contributed by atoms with Crippen LogP contribution in [0.25, 0.3) is 10.6 Å². The van der Waals surface area contributed by atoms with Crippen molar-refractivity contribution in [2.45, 2.75) is 25.2 Å². The van der Waals surface area contributed by atoms with E-state index in [0.717, 1.165) is 29.1 Å². The normalized spacial score (nSPS) is 14.9. The Hall–Kier alpha value is -2.66. The molecule has 0 atom stereocenters. The predicted octanol–water partition coefficient (Wildman–Crippen LogP) is 4.09. The van der Waals surface area contributed by atoms with Gasteiger partial charge in [0.05, 0.1) is 18.9 Å². The van der Waals surface area contributed by atoms with Crippen LogP contribution in [-0.4, -0.2) is 49.9 Å². The van der Waals surface area contributed by atoms with E-state index in [2.05, 4.69) is 17.2 Å². The molecule has 0 bridgehead atoms. The third kappa shape index (κ3) is 4.98. The molecular weight excluding hydrogens is 465 g/mol.